The topological polar surface area (TPSA) is 61.1 Å². The number of nitrogens with zero attached hydrogens (tertiary/aromatic N) is 3. The van der Waals surface area contributed by atoms with E-state index in [-0.39, 0.29) is 5.91 Å². The normalized spacial score (nSPS) is 10.8. The number of hydrogen-bond donors (Lipinski definition) is 1. The number of rotatable bonds is 9. The van der Waals surface area contributed by atoms with Crippen molar-refractivity contribution in [1.29, 1.82) is 0 Å². The molecule has 3 aromatic rings. The summed E-state index contributed by atoms with van der Waals surface area (Å²) >= 11 is 1.57. The van der Waals surface area contributed by atoms with Crippen molar-refractivity contribution >= 4 is 17.7 Å². The predicted octanol–water partition coefficient (Wildman–Crippen LogP) is 2.66. The highest BCUT2D eigenvalue weighted by atomic mass is 32.2. The lowest BCUT2D eigenvalue weighted by atomic mass is 10.3. The van der Waals surface area contributed by atoms with Crippen molar-refractivity contribution in [3.8, 4) is 11.5 Å². The monoisotopic (exact) mass is 370 g/mol. The van der Waals surface area contributed by atoms with Crippen LogP contribution in [0.1, 0.15) is 5.56 Å². The van der Waals surface area contributed by atoms with E-state index in [9.17, 15) is 4.79 Å². The first-order valence-corrected chi connectivity index (χ1v) is 9.54. The smallest absolute Gasteiger partial charge is 0.230 e. The zero-order valence-electron chi connectivity index (χ0n) is 14.7. The molecule has 136 valence electrons. The molecule has 2 heterocycles. The van der Waals surface area contributed by atoms with Gasteiger partial charge in [-0.25, -0.2) is 4.68 Å². The molecule has 0 saturated heterocycles. The lowest BCUT2D eigenvalue weighted by Gasteiger charge is -2.11. The van der Waals surface area contributed by atoms with Gasteiger partial charge in [-0.2, -0.15) is 5.10 Å². The van der Waals surface area contributed by atoms with Gasteiger partial charge in [-0.05, 0) is 24.3 Å². The van der Waals surface area contributed by atoms with Crippen LogP contribution in [0.25, 0.3) is 11.5 Å². The summed E-state index contributed by atoms with van der Waals surface area (Å²) in [4.78, 5) is 11.8. The van der Waals surface area contributed by atoms with E-state index in [0.29, 0.717) is 24.7 Å². The molecule has 0 saturated carbocycles. The number of carbonyl (C=O) groups is 1. The molecule has 3 rings (SSSR count). The molecule has 0 fully saturated rings. The van der Waals surface area contributed by atoms with Gasteiger partial charge >= 0.3 is 0 Å². The molecule has 0 bridgehead atoms. The molecule has 7 heteroatoms. The van der Waals surface area contributed by atoms with E-state index in [1.807, 2.05) is 65.7 Å². The maximum absolute atomic E-state index is 11.8. The van der Waals surface area contributed by atoms with Crippen LogP contribution in [0.4, 0.5) is 0 Å². The Morgan fingerprint density at radius 2 is 1.96 bits per heavy atom. The molecule has 0 radical (unpaired) electrons. The maximum atomic E-state index is 11.8. The van der Waals surface area contributed by atoms with Crippen molar-refractivity contribution in [2.75, 3.05) is 26.0 Å². The Bertz CT molecular complexity index is 815. The number of ether oxygens (including phenoxy) is 1. The average Bonchev–Trinajstić information content (AvgIpc) is 3.32. The van der Waals surface area contributed by atoms with Gasteiger partial charge in [-0.3, -0.25) is 4.79 Å². The molecule has 1 aromatic carbocycles. The Balaban J connectivity index is 1.72. The van der Waals surface area contributed by atoms with Gasteiger partial charge in [0.05, 0.1) is 24.2 Å². The van der Waals surface area contributed by atoms with Crippen LogP contribution in [0.2, 0.25) is 0 Å². The Morgan fingerprint density at radius 1 is 1.19 bits per heavy atom. The summed E-state index contributed by atoms with van der Waals surface area (Å²) in [5, 5.41) is 7.40. The SMILES string of the molecule is COCCNC(=O)CSCc1cnn(-c2ccccc2)c1-n1cccc1. The third kappa shape index (κ3) is 4.56. The Labute approximate surface area is 157 Å². The minimum absolute atomic E-state index is 0.0185. The van der Waals surface area contributed by atoms with E-state index >= 15 is 0 Å². The fourth-order valence-corrected chi connectivity index (χ4v) is 3.40. The fourth-order valence-electron chi connectivity index (χ4n) is 2.58. The summed E-state index contributed by atoms with van der Waals surface area (Å²) in [7, 11) is 1.62. The first-order valence-electron chi connectivity index (χ1n) is 8.38. The quantitative estimate of drug-likeness (QED) is 0.588. The molecule has 26 heavy (non-hydrogen) atoms. The number of thioether (sulfide) groups is 1. The summed E-state index contributed by atoms with van der Waals surface area (Å²) < 4.78 is 8.91. The third-order valence-corrected chi connectivity index (χ3v) is 4.77. The Hall–Kier alpha value is -2.51. The van der Waals surface area contributed by atoms with Crippen molar-refractivity contribution in [1.82, 2.24) is 19.7 Å². The molecule has 0 aliphatic heterocycles. The van der Waals surface area contributed by atoms with Crippen LogP contribution in [-0.2, 0) is 15.3 Å². The maximum Gasteiger partial charge on any atom is 0.230 e. The number of hydrogen-bond acceptors (Lipinski definition) is 4. The standard InChI is InChI=1S/C19H22N4O2S/c1-25-12-9-20-18(24)15-26-14-16-13-21-23(17-7-3-2-4-8-17)19(16)22-10-5-6-11-22/h2-8,10-11,13H,9,12,14-15H2,1H3,(H,20,24). The van der Waals surface area contributed by atoms with Gasteiger partial charge in [0, 0.05) is 37.4 Å². The largest absolute Gasteiger partial charge is 0.383 e. The van der Waals surface area contributed by atoms with E-state index in [4.69, 9.17) is 4.74 Å². The van der Waals surface area contributed by atoms with Crippen molar-refractivity contribution in [2.24, 2.45) is 0 Å². The van der Waals surface area contributed by atoms with Crippen LogP contribution in [0.5, 0.6) is 0 Å². The van der Waals surface area contributed by atoms with Gasteiger partial charge in [0.25, 0.3) is 0 Å². The number of benzene rings is 1. The van der Waals surface area contributed by atoms with Crippen molar-refractivity contribution in [2.45, 2.75) is 5.75 Å². The molecule has 0 atom stereocenters. The first kappa shape index (κ1) is 18.3. The molecule has 0 unspecified atom stereocenters. The number of methoxy groups -OCH3 is 1. The van der Waals surface area contributed by atoms with E-state index in [2.05, 4.69) is 15.0 Å². The van der Waals surface area contributed by atoms with E-state index < -0.39 is 0 Å². The van der Waals surface area contributed by atoms with Gasteiger partial charge in [0.15, 0.2) is 0 Å². The Morgan fingerprint density at radius 3 is 2.69 bits per heavy atom. The highest BCUT2D eigenvalue weighted by Crippen LogP contribution is 2.23. The number of carbonyl (C=O) groups excluding carboxylic acids is 1. The predicted molar refractivity (Wildman–Crippen MR) is 104 cm³/mol. The van der Waals surface area contributed by atoms with Crippen LogP contribution < -0.4 is 5.32 Å². The van der Waals surface area contributed by atoms with Gasteiger partial charge in [0.1, 0.15) is 5.82 Å². The fraction of sp³-hybridized carbons (Fsp3) is 0.263. The third-order valence-electron chi connectivity index (χ3n) is 3.79. The van der Waals surface area contributed by atoms with Crippen molar-refractivity contribution < 1.29 is 9.53 Å². The lowest BCUT2D eigenvalue weighted by molar-refractivity contribution is -0.118. The van der Waals surface area contributed by atoms with Crippen LogP contribution in [0.15, 0.2) is 61.1 Å². The molecular formula is C19H22N4O2S. The van der Waals surface area contributed by atoms with E-state index in [0.717, 1.165) is 17.1 Å². The minimum atomic E-state index is 0.0185. The van der Waals surface area contributed by atoms with Crippen LogP contribution >= 0.6 is 11.8 Å². The van der Waals surface area contributed by atoms with Gasteiger partial charge in [-0.1, -0.05) is 18.2 Å². The summed E-state index contributed by atoms with van der Waals surface area (Å²) in [6.07, 6.45) is 5.88. The summed E-state index contributed by atoms with van der Waals surface area (Å²) in [5.41, 5.74) is 2.09. The molecule has 2 aromatic heterocycles. The lowest BCUT2D eigenvalue weighted by Crippen LogP contribution is -2.28. The van der Waals surface area contributed by atoms with Gasteiger partial charge < -0.3 is 14.6 Å². The van der Waals surface area contributed by atoms with Crippen LogP contribution in [0, 0.1) is 0 Å². The first-order chi connectivity index (χ1) is 12.8. The highest BCUT2D eigenvalue weighted by Gasteiger charge is 2.14. The second-order valence-electron chi connectivity index (χ2n) is 5.67. The summed E-state index contributed by atoms with van der Waals surface area (Å²) in [6, 6.07) is 14.0. The molecule has 0 spiro atoms. The van der Waals surface area contributed by atoms with E-state index in [1.165, 1.54) is 0 Å². The molecule has 0 aliphatic rings. The molecule has 6 nitrogen and oxygen atoms in total. The zero-order valence-corrected chi connectivity index (χ0v) is 15.5. The van der Waals surface area contributed by atoms with Crippen LogP contribution in [-0.4, -0.2) is 46.3 Å². The van der Waals surface area contributed by atoms with Gasteiger partial charge in [-0.15, -0.1) is 11.8 Å². The number of para-hydroxylation sites is 1. The number of nitrogens with one attached hydrogen (secondary N) is 1. The van der Waals surface area contributed by atoms with Crippen molar-refractivity contribution in [3.05, 3.63) is 66.6 Å². The number of aromatic nitrogens is 3. The summed E-state index contributed by atoms with van der Waals surface area (Å²) in [6.45, 7) is 1.06. The average molecular weight is 370 g/mol. The minimum Gasteiger partial charge on any atom is -0.383 e. The molecule has 1 N–H and O–H groups in total. The van der Waals surface area contributed by atoms with Gasteiger partial charge in [0.2, 0.25) is 5.91 Å². The van der Waals surface area contributed by atoms with Crippen molar-refractivity contribution in [3.63, 3.8) is 0 Å². The summed E-state index contributed by atoms with van der Waals surface area (Å²) in [5.74, 6) is 2.13. The zero-order chi connectivity index (χ0) is 18.2. The second-order valence-corrected chi connectivity index (χ2v) is 6.65. The van der Waals surface area contributed by atoms with E-state index in [1.54, 1.807) is 18.9 Å². The Kier molecular flexibility index (Phi) is 6.51. The number of amides is 1. The molecular weight excluding hydrogens is 348 g/mol. The highest BCUT2D eigenvalue weighted by molar-refractivity contribution is 7.99. The molecule has 1 amide bonds. The van der Waals surface area contributed by atoms with Crippen LogP contribution in [0.3, 0.4) is 0 Å². The molecule has 0 aliphatic carbocycles. The second kappa shape index (κ2) is 9.26.